The van der Waals surface area contributed by atoms with Gasteiger partial charge in [-0.15, -0.1) is 0 Å². The molecule has 1 aliphatic rings. The maximum absolute atomic E-state index is 12.5. The van der Waals surface area contributed by atoms with Gasteiger partial charge in [0.05, 0.1) is 17.7 Å². The summed E-state index contributed by atoms with van der Waals surface area (Å²) in [5.41, 5.74) is 4.64. The molecule has 8 heteroatoms. The molecule has 0 unspecified atom stereocenters. The number of hydrogen-bond donors (Lipinski definition) is 2. The number of hydrogen-bond acceptors (Lipinski definition) is 6. The van der Waals surface area contributed by atoms with Gasteiger partial charge >= 0.3 is 0 Å². The second kappa shape index (κ2) is 8.87. The van der Waals surface area contributed by atoms with E-state index in [0.717, 1.165) is 29.5 Å². The fourth-order valence-electron chi connectivity index (χ4n) is 4.28. The summed E-state index contributed by atoms with van der Waals surface area (Å²) in [6.07, 6.45) is 3.29. The Balaban J connectivity index is 1.41. The van der Waals surface area contributed by atoms with E-state index in [1.165, 1.54) is 0 Å². The number of carbonyl (C=O) groups excluding carboxylic acids is 1. The third-order valence-electron chi connectivity index (χ3n) is 5.80. The highest BCUT2D eigenvalue weighted by atomic mass is 16.5. The Bertz CT molecular complexity index is 1380. The molecule has 2 heterocycles. The highest BCUT2D eigenvalue weighted by Gasteiger charge is 2.28. The van der Waals surface area contributed by atoms with E-state index >= 15 is 0 Å². The molecule has 0 saturated carbocycles. The lowest BCUT2D eigenvalue weighted by atomic mass is 10.0. The van der Waals surface area contributed by atoms with Crippen molar-refractivity contribution in [2.45, 2.75) is 38.8 Å². The first-order valence-electron chi connectivity index (χ1n) is 11.1. The molecule has 1 amide bonds. The molecule has 2 aromatic carbocycles. The quantitative estimate of drug-likeness (QED) is 0.433. The van der Waals surface area contributed by atoms with E-state index in [9.17, 15) is 10.1 Å². The van der Waals surface area contributed by atoms with Crippen molar-refractivity contribution in [1.82, 2.24) is 20.4 Å². The van der Waals surface area contributed by atoms with Gasteiger partial charge in [0, 0.05) is 17.3 Å². The highest BCUT2D eigenvalue weighted by molar-refractivity contribution is 5.92. The van der Waals surface area contributed by atoms with Gasteiger partial charge in [0.2, 0.25) is 5.82 Å². The summed E-state index contributed by atoms with van der Waals surface area (Å²) in [4.78, 5) is 20.0. The van der Waals surface area contributed by atoms with Crippen LogP contribution in [0.2, 0.25) is 0 Å². The van der Waals surface area contributed by atoms with Crippen LogP contribution in [0.3, 0.4) is 0 Å². The van der Waals surface area contributed by atoms with Crippen LogP contribution in [0, 0.1) is 11.3 Å². The summed E-state index contributed by atoms with van der Waals surface area (Å²) in [6.45, 7) is 3.82. The van der Waals surface area contributed by atoms with Crippen LogP contribution in [0.5, 0.6) is 5.75 Å². The van der Waals surface area contributed by atoms with Crippen molar-refractivity contribution >= 4 is 5.91 Å². The van der Waals surface area contributed by atoms with Gasteiger partial charge in [0.25, 0.3) is 11.8 Å². The number of amides is 1. The van der Waals surface area contributed by atoms with E-state index in [4.69, 9.17) is 9.26 Å². The van der Waals surface area contributed by atoms with Crippen LogP contribution in [0.1, 0.15) is 53.5 Å². The highest BCUT2D eigenvalue weighted by Crippen LogP contribution is 2.37. The van der Waals surface area contributed by atoms with Gasteiger partial charge in [-0.3, -0.25) is 4.79 Å². The van der Waals surface area contributed by atoms with Crippen molar-refractivity contribution in [3.05, 3.63) is 77.1 Å². The van der Waals surface area contributed by atoms with Crippen LogP contribution in [0.25, 0.3) is 22.8 Å². The third-order valence-corrected chi connectivity index (χ3v) is 5.80. The number of H-pyrrole nitrogens is 1. The molecule has 5 rings (SSSR count). The summed E-state index contributed by atoms with van der Waals surface area (Å²) in [6, 6.07) is 16.8. The molecule has 34 heavy (non-hydrogen) atoms. The van der Waals surface area contributed by atoms with Gasteiger partial charge in [0.15, 0.2) is 0 Å². The van der Waals surface area contributed by atoms with Crippen molar-refractivity contribution in [1.29, 1.82) is 5.26 Å². The van der Waals surface area contributed by atoms with Gasteiger partial charge in [-0.05, 0) is 68.1 Å². The maximum Gasteiger partial charge on any atom is 0.268 e. The second-order valence-corrected chi connectivity index (χ2v) is 8.43. The number of benzene rings is 2. The smallest absolute Gasteiger partial charge is 0.268 e. The van der Waals surface area contributed by atoms with E-state index in [-0.39, 0.29) is 18.1 Å². The maximum atomic E-state index is 12.5. The van der Waals surface area contributed by atoms with E-state index in [0.29, 0.717) is 34.3 Å². The number of nitrogens with one attached hydrogen (secondary N) is 2. The van der Waals surface area contributed by atoms with E-state index in [2.05, 4.69) is 26.5 Å². The molecule has 0 bridgehead atoms. The minimum Gasteiger partial charge on any atom is -0.490 e. The molecular weight excluding hydrogens is 430 g/mol. The number of nitrogens with zero attached hydrogens (tertiary/aromatic N) is 3. The molecule has 1 atom stereocenters. The average molecular weight is 454 g/mol. The van der Waals surface area contributed by atoms with Crippen molar-refractivity contribution in [3.63, 3.8) is 0 Å². The zero-order valence-corrected chi connectivity index (χ0v) is 18.8. The topological polar surface area (TPSA) is 117 Å². The summed E-state index contributed by atoms with van der Waals surface area (Å²) in [7, 11) is 0. The van der Waals surface area contributed by atoms with E-state index < -0.39 is 0 Å². The van der Waals surface area contributed by atoms with Crippen molar-refractivity contribution in [3.8, 4) is 34.7 Å². The molecule has 0 radical (unpaired) electrons. The lowest BCUT2D eigenvalue weighted by Crippen LogP contribution is -2.27. The molecule has 0 aliphatic heterocycles. The molecule has 2 N–H and O–H groups in total. The first-order chi connectivity index (χ1) is 16.5. The zero-order valence-electron chi connectivity index (χ0n) is 18.8. The van der Waals surface area contributed by atoms with Gasteiger partial charge in [0.1, 0.15) is 17.5 Å². The van der Waals surface area contributed by atoms with Gasteiger partial charge in [-0.1, -0.05) is 23.4 Å². The molecule has 1 aliphatic carbocycles. The molecule has 170 valence electrons. The minimum atomic E-state index is -0.131. The fourth-order valence-corrected chi connectivity index (χ4v) is 4.28. The summed E-state index contributed by atoms with van der Waals surface area (Å²) in [5, 5.41) is 16.8. The van der Waals surface area contributed by atoms with Crippen LogP contribution in [-0.2, 0) is 6.42 Å². The van der Waals surface area contributed by atoms with E-state index in [1.807, 2.05) is 32.0 Å². The second-order valence-electron chi connectivity index (χ2n) is 8.43. The monoisotopic (exact) mass is 453 g/mol. The number of aromatic nitrogens is 3. The van der Waals surface area contributed by atoms with Crippen LogP contribution >= 0.6 is 0 Å². The van der Waals surface area contributed by atoms with Gasteiger partial charge in [-0.2, -0.15) is 10.2 Å². The lowest BCUT2D eigenvalue weighted by molar-refractivity contribution is 0.0932. The Morgan fingerprint density at radius 2 is 2.15 bits per heavy atom. The molecule has 0 saturated heterocycles. The molecule has 0 fully saturated rings. The summed E-state index contributed by atoms with van der Waals surface area (Å²) < 4.78 is 11.2. The molecular formula is C26H23N5O3. The van der Waals surface area contributed by atoms with Crippen LogP contribution < -0.4 is 10.1 Å². The van der Waals surface area contributed by atoms with Crippen LogP contribution in [0.15, 0.2) is 59.3 Å². The largest absolute Gasteiger partial charge is 0.490 e. The number of nitriles is 1. The van der Waals surface area contributed by atoms with Crippen LogP contribution in [-0.4, -0.2) is 27.1 Å². The zero-order chi connectivity index (χ0) is 23.7. The average Bonchev–Trinajstić information content (AvgIpc) is 3.60. The van der Waals surface area contributed by atoms with Gasteiger partial charge in [-0.25, -0.2) is 0 Å². The predicted octanol–water partition coefficient (Wildman–Crippen LogP) is 4.81. The number of fused-ring (bicyclic) bond motifs is 1. The third kappa shape index (κ3) is 4.04. The molecule has 0 spiro atoms. The normalized spacial score (nSPS) is 14.6. The first kappa shape index (κ1) is 21.5. The first-order valence-corrected chi connectivity index (χ1v) is 11.1. The van der Waals surface area contributed by atoms with Crippen molar-refractivity contribution in [2.75, 3.05) is 0 Å². The molecule has 8 nitrogen and oxygen atoms in total. The van der Waals surface area contributed by atoms with Crippen LogP contribution in [0.4, 0.5) is 0 Å². The lowest BCUT2D eigenvalue weighted by Gasteiger charge is -2.14. The van der Waals surface area contributed by atoms with Gasteiger partial charge < -0.3 is 19.6 Å². The van der Waals surface area contributed by atoms with Crippen molar-refractivity contribution < 1.29 is 14.1 Å². The SMILES string of the molecule is CC(C)Oc1ccc(-c2nc(-c3cccc4c3CC[C@@H]4NC(=O)c3ccc[nH]3)no2)cc1C#N. The van der Waals surface area contributed by atoms with E-state index in [1.54, 1.807) is 36.5 Å². The molecule has 4 aromatic rings. The predicted molar refractivity (Wildman–Crippen MR) is 125 cm³/mol. The number of aromatic amines is 1. The number of rotatable bonds is 6. The number of carbonyl (C=O) groups is 1. The number of ether oxygens (including phenoxy) is 1. The Morgan fingerprint density at radius 1 is 1.26 bits per heavy atom. The minimum absolute atomic E-state index is 0.0374. The Morgan fingerprint density at radius 3 is 2.91 bits per heavy atom. The summed E-state index contributed by atoms with van der Waals surface area (Å²) >= 11 is 0. The Kier molecular flexibility index (Phi) is 5.60. The fraction of sp³-hybridized carbons (Fsp3) is 0.231. The van der Waals surface area contributed by atoms with Crippen molar-refractivity contribution in [2.24, 2.45) is 0 Å². The summed E-state index contributed by atoms with van der Waals surface area (Å²) in [5.74, 6) is 1.20. The Labute approximate surface area is 196 Å². The Hall–Kier alpha value is -4.38. The standard InChI is InChI=1S/C26H23N5O3/c1-15(2)33-23-11-8-16(13-17(23)14-27)26-30-24(31-34-26)20-6-3-5-19-18(20)9-10-21(19)29-25(32)22-7-4-12-28-22/h3-8,11-13,15,21,28H,9-10H2,1-2H3,(H,29,32)/t21-/m0/s1. The molecule has 2 aromatic heterocycles.